The van der Waals surface area contributed by atoms with E-state index in [2.05, 4.69) is 5.32 Å². The molecule has 1 heterocycles. The molecular weight excluding hydrogens is 263 g/mol. The average Bonchev–Trinajstić information content (AvgIpc) is 2.74. The fourth-order valence-electron chi connectivity index (χ4n) is 3.71. The first-order valence-corrected chi connectivity index (χ1v) is 7.25. The molecule has 1 aliphatic carbocycles. The average molecular weight is 283 g/mol. The molecule has 1 aromatic carbocycles. The van der Waals surface area contributed by atoms with E-state index in [1.165, 1.54) is 31.4 Å². The smallest absolute Gasteiger partial charge is 0.316 e. The van der Waals surface area contributed by atoms with Crippen molar-refractivity contribution in [2.75, 3.05) is 13.1 Å². The van der Waals surface area contributed by atoms with Crippen molar-refractivity contribution in [1.82, 2.24) is 5.32 Å². The Morgan fingerprint density at radius 3 is 2.55 bits per heavy atom. The maximum Gasteiger partial charge on any atom is 0.416 e. The molecule has 0 bridgehead atoms. The van der Waals surface area contributed by atoms with Crippen LogP contribution in [0.15, 0.2) is 18.2 Å². The minimum absolute atomic E-state index is 0.504. The molecule has 1 saturated carbocycles. The van der Waals surface area contributed by atoms with Crippen LogP contribution in [0.5, 0.6) is 0 Å². The maximum absolute atomic E-state index is 12.7. The molecule has 4 heteroatoms. The van der Waals surface area contributed by atoms with Crippen molar-refractivity contribution in [1.29, 1.82) is 0 Å². The van der Waals surface area contributed by atoms with E-state index >= 15 is 0 Å². The van der Waals surface area contributed by atoms with Crippen molar-refractivity contribution in [3.8, 4) is 0 Å². The van der Waals surface area contributed by atoms with E-state index in [9.17, 15) is 13.2 Å². The van der Waals surface area contributed by atoms with Gasteiger partial charge in [0.15, 0.2) is 0 Å². The zero-order valence-electron chi connectivity index (χ0n) is 11.7. The molecule has 2 aliphatic rings. The Morgan fingerprint density at radius 1 is 1.30 bits per heavy atom. The Morgan fingerprint density at radius 2 is 2.05 bits per heavy atom. The molecule has 1 spiro atoms. The van der Waals surface area contributed by atoms with Crippen molar-refractivity contribution >= 4 is 0 Å². The molecule has 1 aliphatic heterocycles. The molecule has 1 saturated heterocycles. The Labute approximate surface area is 117 Å². The Balaban J connectivity index is 1.69. The number of hydrogen-bond acceptors (Lipinski definition) is 1. The first kappa shape index (κ1) is 13.9. The summed E-state index contributed by atoms with van der Waals surface area (Å²) < 4.78 is 38.0. The SMILES string of the molecule is Cc1cc(C(F)(F)F)ccc1CC1CCC2(CNC2)C1. The van der Waals surface area contributed by atoms with Gasteiger partial charge in [-0.05, 0) is 67.2 Å². The standard InChI is InChI=1S/C16H20F3N/c1-11-6-14(16(17,18)19)3-2-13(11)7-12-4-5-15(8-12)9-20-10-15/h2-3,6,12,20H,4-5,7-10H2,1H3. The summed E-state index contributed by atoms with van der Waals surface area (Å²) in [6, 6.07) is 4.17. The highest BCUT2D eigenvalue weighted by Gasteiger charge is 2.43. The van der Waals surface area contributed by atoms with Crippen molar-refractivity contribution in [3.05, 3.63) is 34.9 Å². The van der Waals surface area contributed by atoms with Gasteiger partial charge < -0.3 is 5.32 Å². The van der Waals surface area contributed by atoms with E-state index in [-0.39, 0.29) is 0 Å². The second-order valence-electron chi connectivity index (χ2n) is 6.56. The van der Waals surface area contributed by atoms with Crippen LogP contribution < -0.4 is 5.32 Å². The second kappa shape index (κ2) is 4.76. The molecule has 0 amide bonds. The Hall–Kier alpha value is -1.03. The lowest BCUT2D eigenvalue weighted by Crippen LogP contribution is -2.51. The number of hydrogen-bond donors (Lipinski definition) is 1. The third-order valence-corrected chi connectivity index (χ3v) is 4.98. The first-order chi connectivity index (χ1) is 9.38. The molecule has 1 N–H and O–H groups in total. The monoisotopic (exact) mass is 283 g/mol. The van der Waals surface area contributed by atoms with Crippen LogP contribution in [0.2, 0.25) is 0 Å². The summed E-state index contributed by atoms with van der Waals surface area (Å²) >= 11 is 0. The second-order valence-corrected chi connectivity index (χ2v) is 6.56. The lowest BCUT2D eigenvalue weighted by molar-refractivity contribution is -0.137. The summed E-state index contributed by atoms with van der Waals surface area (Å²) in [5.41, 5.74) is 1.81. The van der Waals surface area contributed by atoms with Crippen molar-refractivity contribution in [2.24, 2.45) is 11.3 Å². The molecular formula is C16H20F3N. The number of benzene rings is 1. The number of alkyl halides is 3. The fraction of sp³-hybridized carbons (Fsp3) is 0.625. The first-order valence-electron chi connectivity index (χ1n) is 7.25. The maximum atomic E-state index is 12.7. The van der Waals surface area contributed by atoms with Crippen LogP contribution in [0.3, 0.4) is 0 Å². The minimum Gasteiger partial charge on any atom is -0.316 e. The van der Waals surface area contributed by atoms with Crippen LogP contribution in [0, 0.1) is 18.3 Å². The summed E-state index contributed by atoms with van der Waals surface area (Å²) in [4.78, 5) is 0. The van der Waals surface area contributed by atoms with E-state index < -0.39 is 11.7 Å². The van der Waals surface area contributed by atoms with E-state index in [0.29, 0.717) is 11.3 Å². The molecule has 2 fully saturated rings. The Kier molecular flexibility index (Phi) is 3.32. The van der Waals surface area contributed by atoms with Crippen LogP contribution in [0.4, 0.5) is 13.2 Å². The molecule has 1 nitrogen and oxygen atoms in total. The van der Waals surface area contributed by atoms with Gasteiger partial charge in [-0.3, -0.25) is 0 Å². The van der Waals surface area contributed by atoms with Gasteiger partial charge in [0, 0.05) is 13.1 Å². The van der Waals surface area contributed by atoms with Crippen LogP contribution >= 0.6 is 0 Å². The minimum atomic E-state index is -4.24. The van der Waals surface area contributed by atoms with Crippen molar-refractivity contribution in [2.45, 2.75) is 38.8 Å². The molecule has 0 aromatic heterocycles. The van der Waals surface area contributed by atoms with E-state index in [4.69, 9.17) is 0 Å². The quantitative estimate of drug-likeness (QED) is 0.866. The van der Waals surface area contributed by atoms with Crippen molar-refractivity contribution < 1.29 is 13.2 Å². The molecule has 1 atom stereocenters. The molecule has 1 aromatic rings. The number of rotatable bonds is 2. The van der Waals surface area contributed by atoms with Gasteiger partial charge in [0.05, 0.1) is 5.56 Å². The number of nitrogens with one attached hydrogen (secondary N) is 1. The normalized spacial score (nSPS) is 24.9. The zero-order chi connectivity index (χ0) is 14.4. The molecule has 0 radical (unpaired) electrons. The molecule has 110 valence electrons. The number of aryl methyl sites for hydroxylation is 1. The summed E-state index contributed by atoms with van der Waals surface area (Å²) in [7, 11) is 0. The summed E-state index contributed by atoms with van der Waals surface area (Å²) in [5, 5.41) is 3.34. The van der Waals surface area contributed by atoms with Crippen molar-refractivity contribution in [3.63, 3.8) is 0 Å². The molecule has 3 rings (SSSR count). The topological polar surface area (TPSA) is 12.0 Å². The summed E-state index contributed by atoms with van der Waals surface area (Å²) in [6.45, 7) is 4.03. The van der Waals surface area contributed by atoms with Crippen LogP contribution in [0.1, 0.15) is 36.0 Å². The van der Waals surface area contributed by atoms with E-state index in [0.717, 1.165) is 30.6 Å². The highest BCUT2D eigenvalue weighted by Crippen LogP contribution is 2.45. The van der Waals surface area contributed by atoms with E-state index in [1.807, 2.05) is 0 Å². The lowest BCUT2D eigenvalue weighted by atomic mass is 9.79. The van der Waals surface area contributed by atoms with Gasteiger partial charge in [0.1, 0.15) is 0 Å². The van der Waals surface area contributed by atoms with Gasteiger partial charge >= 0.3 is 6.18 Å². The zero-order valence-corrected chi connectivity index (χ0v) is 11.7. The third-order valence-electron chi connectivity index (χ3n) is 4.98. The molecule has 20 heavy (non-hydrogen) atoms. The predicted molar refractivity (Wildman–Crippen MR) is 72.5 cm³/mol. The lowest BCUT2D eigenvalue weighted by Gasteiger charge is -2.39. The van der Waals surface area contributed by atoms with Crippen LogP contribution in [-0.4, -0.2) is 13.1 Å². The van der Waals surface area contributed by atoms with Gasteiger partial charge in [0.2, 0.25) is 0 Å². The molecule has 1 unspecified atom stereocenters. The number of halogens is 3. The van der Waals surface area contributed by atoms with Gasteiger partial charge in [0.25, 0.3) is 0 Å². The third kappa shape index (κ3) is 2.58. The Bertz CT molecular complexity index is 503. The summed E-state index contributed by atoms with van der Waals surface area (Å²) in [5.74, 6) is 0.632. The largest absolute Gasteiger partial charge is 0.416 e. The van der Waals surface area contributed by atoms with Crippen LogP contribution in [-0.2, 0) is 12.6 Å². The fourth-order valence-corrected chi connectivity index (χ4v) is 3.71. The van der Waals surface area contributed by atoms with Gasteiger partial charge in [-0.15, -0.1) is 0 Å². The highest BCUT2D eigenvalue weighted by atomic mass is 19.4. The van der Waals surface area contributed by atoms with E-state index in [1.54, 1.807) is 13.0 Å². The van der Waals surface area contributed by atoms with Crippen LogP contribution in [0.25, 0.3) is 0 Å². The predicted octanol–water partition coefficient (Wildman–Crippen LogP) is 3.95. The van der Waals surface area contributed by atoms with Gasteiger partial charge in [-0.2, -0.15) is 13.2 Å². The van der Waals surface area contributed by atoms with Gasteiger partial charge in [-0.1, -0.05) is 6.07 Å². The highest BCUT2D eigenvalue weighted by molar-refractivity contribution is 5.33. The van der Waals surface area contributed by atoms with Gasteiger partial charge in [-0.25, -0.2) is 0 Å². The summed E-state index contributed by atoms with van der Waals surface area (Å²) in [6.07, 6.45) is 0.386.